The number of alkyl carbamates (subject to hydrolysis) is 1. The molecule has 0 bridgehead atoms. The number of nitrogens with zero attached hydrogens (tertiary/aromatic N) is 2. The zero-order valence-corrected chi connectivity index (χ0v) is 63.7. The molecule has 0 aliphatic heterocycles. The average molecular weight is 1470 g/mol. The van der Waals surface area contributed by atoms with Gasteiger partial charge in [-0.1, -0.05) is 121 Å². The molecule has 0 unspecified atom stereocenters. The lowest BCUT2D eigenvalue weighted by Crippen LogP contribution is -2.63. The van der Waals surface area contributed by atoms with E-state index in [0.29, 0.717) is 22.3 Å². The minimum Gasteiger partial charge on any atom is -0.480 e. The molecule has 0 spiro atoms. The van der Waals surface area contributed by atoms with Gasteiger partial charge in [0.15, 0.2) is 0 Å². The van der Waals surface area contributed by atoms with Crippen LogP contribution in [0.5, 0.6) is 0 Å². The smallest absolute Gasteiger partial charge is 0.419 e. The molecule has 0 fully saturated rings. The van der Waals surface area contributed by atoms with Crippen LogP contribution in [-0.4, -0.2) is 187 Å². The first-order valence-electron chi connectivity index (χ1n) is 35.0. The van der Waals surface area contributed by atoms with Crippen molar-refractivity contribution in [3.8, 4) is 0 Å². The average Bonchev–Trinajstić information content (AvgIpc) is 0.788. The molecule has 11 N–H and O–H groups in total. The van der Waals surface area contributed by atoms with Gasteiger partial charge in [0.25, 0.3) is 0 Å². The molecule has 0 saturated carbocycles. The number of carbonyl (C=O) groups excluding carboxylic acids is 10. The third-order valence-corrected chi connectivity index (χ3v) is 15.6. The Morgan fingerprint density at radius 3 is 1.36 bits per heavy atom. The number of imidazole rings is 1. The summed E-state index contributed by atoms with van der Waals surface area (Å²) in [6, 6.07) is 24.6. The Morgan fingerprint density at radius 2 is 0.896 bits per heavy atom. The number of aliphatic carboxylic acids is 1. The van der Waals surface area contributed by atoms with E-state index in [1.807, 2.05) is 91.0 Å². The maximum atomic E-state index is 15.1. The Bertz CT molecular complexity index is 3670. The van der Waals surface area contributed by atoms with Crippen molar-refractivity contribution in [3.63, 3.8) is 0 Å². The molecule has 4 aromatic carbocycles. The first-order chi connectivity index (χ1) is 49.3. The maximum absolute atomic E-state index is 15.1. The number of benzene rings is 4. The molecular weight excluding hydrogens is 1370 g/mol. The topological polar surface area (TPSA) is 400 Å². The van der Waals surface area contributed by atoms with Crippen LogP contribution in [0.1, 0.15) is 158 Å². The summed E-state index contributed by atoms with van der Waals surface area (Å²) in [6.45, 7) is 25.6. The number of hydrogen-bond acceptors (Lipinski definition) is 18. The lowest BCUT2D eigenvalue weighted by Gasteiger charge is -2.37. The number of aliphatic hydroxyl groups is 1. The minimum absolute atomic E-state index is 0.131. The van der Waals surface area contributed by atoms with Gasteiger partial charge < -0.3 is 81.7 Å². The Labute approximate surface area is 619 Å². The number of hydrogen-bond donors (Lipinski definition) is 11. The molecule has 1 heterocycles. The fourth-order valence-electron chi connectivity index (χ4n) is 11.0. The quantitative estimate of drug-likeness (QED) is 0.0225. The van der Waals surface area contributed by atoms with Gasteiger partial charge in [-0.15, -0.1) is 0 Å². The summed E-state index contributed by atoms with van der Waals surface area (Å²) in [5.74, 6) is -9.13. The van der Waals surface area contributed by atoms with Gasteiger partial charge in [0.2, 0.25) is 47.3 Å². The first-order valence-corrected chi connectivity index (χ1v) is 35.0. The highest BCUT2D eigenvalue weighted by Gasteiger charge is 2.41. The van der Waals surface area contributed by atoms with Crippen molar-refractivity contribution >= 4 is 65.4 Å². The molecule has 29 heteroatoms. The Balaban J connectivity index is 1.54. The SMILES string of the molecule is C[C@@H](OC(C)(C)C)[C@H](NC(=O)CNC(=O)[C@H](CCC(=O)NC(c1ccccc1)(c1ccccc1)c1ccccc1)NC(=O)[C@@H](COC(C)(C)C)NC(=O)[C@H](Cc1cn(C(=O)OC(C)(C)C)cn1)NC(=O)OC(C)(C)C)C(=O)N[C@@H](Cc1ccccc1)C(=O)N[C@H](C(=O)N[C@@H](CO)C(=O)O)[C@@H](C)OC(C)(C)C. The summed E-state index contributed by atoms with van der Waals surface area (Å²) in [5, 5.41) is 43.3. The van der Waals surface area contributed by atoms with Crippen LogP contribution in [-0.2, 0) is 85.2 Å². The number of aliphatic hydroxyl groups excluding tert-OH is 1. The lowest BCUT2D eigenvalue weighted by atomic mass is 9.77. The van der Waals surface area contributed by atoms with Crippen LogP contribution in [0.3, 0.4) is 0 Å². The van der Waals surface area contributed by atoms with Crippen molar-refractivity contribution in [1.29, 1.82) is 0 Å². The molecule has 29 nitrogen and oxygen atoms in total. The minimum atomic E-state index is -1.76. The van der Waals surface area contributed by atoms with Crippen molar-refractivity contribution in [1.82, 2.24) is 57.4 Å². The molecule has 0 aliphatic carbocycles. The summed E-state index contributed by atoms with van der Waals surface area (Å²) in [6.07, 6.45) is -3.12. The lowest BCUT2D eigenvalue weighted by molar-refractivity contribution is -0.146. The number of carboxylic acids is 1. The van der Waals surface area contributed by atoms with E-state index in [1.165, 1.54) is 26.4 Å². The van der Waals surface area contributed by atoms with E-state index < -0.39 is 186 Å². The van der Waals surface area contributed by atoms with E-state index in [1.54, 1.807) is 134 Å². The van der Waals surface area contributed by atoms with Crippen LogP contribution < -0.4 is 47.9 Å². The number of carbonyl (C=O) groups is 11. The summed E-state index contributed by atoms with van der Waals surface area (Å²) in [7, 11) is 0. The standard InChI is InChI=1S/C77H107N11O18/c1-47(103-73(6,7)8)61(67(96)81-55(40-49-30-22-18-23-31-49)65(94)86-62(48(2)104-74(9,10)11)68(97)82-57(44-89)69(98)99)85-60(91)42-78-63(92)54(38-39-59(90)87-77(50-32-24-19-25-33-50,51-34-26-20-27-35-51)52-36-28-21-29-37-52)80-66(95)58(45-102-72(3,4)5)83-64(93)56(84-70(100)105-75(12,13)14)41-53-43-88(46-79-53)71(101)106-76(15,16)17/h18-37,43,46-48,54-58,61-62,89H,38-42,44-45H2,1-17H3,(H,78,92)(H,80,95)(H,81,96)(H,82,97)(H,83,93)(H,84,100)(H,85,91)(H,86,94)(H,87,90)(H,98,99)/t47-,48-,54+,55+,56+,57+,58-,61+,62+/m1/s1. The monoisotopic (exact) mass is 1470 g/mol. The number of ether oxygens (including phenoxy) is 5. The predicted molar refractivity (Wildman–Crippen MR) is 393 cm³/mol. The van der Waals surface area contributed by atoms with Crippen LogP contribution >= 0.6 is 0 Å². The third kappa shape index (κ3) is 28.7. The third-order valence-electron chi connectivity index (χ3n) is 15.6. The maximum Gasteiger partial charge on any atom is 0.419 e. The van der Waals surface area contributed by atoms with E-state index in [2.05, 4.69) is 52.8 Å². The van der Waals surface area contributed by atoms with Crippen LogP contribution in [0.2, 0.25) is 0 Å². The Hall–Kier alpha value is -10.1. The summed E-state index contributed by atoms with van der Waals surface area (Å²) in [5.41, 5.74) is -3.36. The fourth-order valence-corrected chi connectivity index (χ4v) is 11.0. The largest absolute Gasteiger partial charge is 0.480 e. The number of aromatic nitrogens is 2. The summed E-state index contributed by atoms with van der Waals surface area (Å²) < 4.78 is 30.4. The molecule has 5 rings (SSSR count). The van der Waals surface area contributed by atoms with Gasteiger partial charge >= 0.3 is 18.2 Å². The number of amides is 9. The second-order valence-electron chi connectivity index (χ2n) is 30.6. The van der Waals surface area contributed by atoms with E-state index in [0.717, 1.165) is 4.57 Å². The molecule has 0 saturated heterocycles. The van der Waals surface area contributed by atoms with Gasteiger partial charge in [-0.05, 0) is 146 Å². The molecule has 578 valence electrons. The Morgan fingerprint density at radius 1 is 0.462 bits per heavy atom. The molecule has 0 aliphatic rings. The number of carboxylic acid groups (broad SMARTS) is 1. The van der Waals surface area contributed by atoms with Crippen molar-refractivity contribution in [2.24, 2.45) is 0 Å². The van der Waals surface area contributed by atoms with Crippen molar-refractivity contribution < 1.29 is 86.6 Å². The fraction of sp³-hybridized carbons (Fsp3) is 0.506. The number of rotatable bonds is 34. The van der Waals surface area contributed by atoms with E-state index in [4.69, 9.17) is 23.7 Å². The van der Waals surface area contributed by atoms with Gasteiger partial charge in [-0.2, -0.15) is 0 Å². The van der Waals surface area contributed by atoms with Crippen LogP contribution in [0.4, 0.5) is 9.59 Å². The second-order valence-corrected chi connectivity index (χ2v) is 30.6. The first kappa shape index (κ1) is 86.5. The second kappa shape index (κ2) is 38.3. The van der Waals surface area contributed by atoms with Gasteiger partial charge in [0, 0.05) is 25.5 Å². The molecule has 9 atom stereocenters. The molecular formula is C77H107N11O18. The highest BCUT2D eigenvalue weighted by Crippen LogP contribution is 2.37. The van der Waals surface area contributed by atoms with Gasteiger partial charge in [0.1, 0.15) is 65.4 Å². The summed E-state index contributed by atoms with van der Waals surface area (Å²) in [4.78, 5) is 160. The van der Waals surface area contributed by atoms with E-state index in [9.17, 15) is 58.2 Å². The van der Waals surface area contributed by atoms with Gasteiger partial charge in [0.05, 0.1) is 54.5 Å². The van der Waals surface area contributed by atoms with E-state index >= 15 is 4.79 Å². The summed E-state index contributed by atoms with van der Waals surface area (Å²) >= 11 is 0. The normalized spacial score (nSPS) is 14.6. The van der Waals surface area contributed by atoms with Gasteiger partial charge in [-0.3, -0.25) is 38.4 Å². The van der Waals surface area contributed by atoms with Crippen molar-refractivity contribution in [2.75, 3.05) is 19.8 Å². The van der Waals surface area contributed by atoms with Gasteiger partial charge in [-0.25, -0.2) is 23.9 Å². The molecule has 5 aromatic rings. The van der Waals surface area contributed by atoms with Crippen LogP contribution in [0.25, 0.3) is 0 Å². The zero-order chi connectivity index (χ0) is 79.1. The van der Waals surface area contributed by atoms with Crippen molar-refractivity contribution in [2.45, 2.75) is 231 Å². The molecule has 9 amide bonds. The number of nitrogens with one attached hydrogen (secondary N) is 9. The van der Waals surface area contributed by atoms with Crippen LogP contribution in [0.15, 0.2) is 134 Å². The molecule has 1 aromatic heterocycles. The van der Waals surface area contributed by atoms with E-state index in [-0.39, 0.29) is 18.5 Å². The highest BCUT2D eigenvalue weighted by atomic mass is 16.6. The zero-order valence-electron chi connectivity index (χ0n) is 63.7. The predicted octanol–water partition coefficient (Wildman–Crippen LogP) is 5.56. The Kier molecular flexibility index (Phi) is 31.2. The highest BCUT2D eigenvalue weighted by molar-refractivity contribution is 5.98. The molecule has 106 heavy (non-hydrogen) atoms. The van der Waals surface area contributed by atoms with Crippen molar-refractivity contribution in [3.05, 3.63) is 162 Å². The van der Waals surface area contributed by atoms with Crippen LogP contribution in [0, 0.1) is 0 Å². The molecule has 0 radical (unpaired) electrons.